The molecule has 2 aromatic rings. The summed E-state index contributed by atoms with van der Waals surface area (Å²) in [7, 11) is 0. The number of amides is 1. The summed E-state index contributed by atoms with van der Waals surface area (Å²) in [6.45, 7) is 1.02. The lowest BCUT2D eigenvalue weighted by Crippen LogP contribution is -2.42. The number of carbonyl (C=O) groups excluding carboxylic acids is 1. The second kappa shape index (κ2) is 6.64. The molecule has 4 heteroatoms. The highest BCUT2D eigenvalue weighted by atomic mass is 16.3. The molecule has 1 atom stereocenters. The van der Waals surface area contributed by atoms with Crippen LogP contribution in [0.3, 0.4) is 0 Å². The molecule has 0 spiro atoms. The number of rotatable bonds is 2. The van der Waals surface area contributed by atoms with Crippen molar-refractivity contribution in [3.8, 4) is 17.2 Å². The average Bonchev–Trinajstić information content (AvgIpc) is 2.61. The number of likely N-dealkylation sites (tertiary alicyclic amines) is 1. The molecule has 1 amide bonds. The van der Waals surface area contributed by atoms with Crippen LogP contribution in [-0.2, 0) is 0 Å². The summed E-state index contributed by atoms with van der Waals surface area (Å²) in [5.74, 6) is -0.0907. The predicted octanol–water partition coefficient (Wildman–Crippen LogP) is 2.82. The molecule has 1 fully saturated rings. The summed E-state index contributed by atoms with van der Waals surface area (Å²) >= 11 is 0. The molecule has 0 radical (unpaired) electrons. The molecule has 1 saturated heterocycles. The van der Waals surface area contributed by atoms with E-state index in [1.54, 1.807) is 17.0 Å². The fourth-order valence-corrected chi connectivity index (χ4v) is 3.03. The Hall–Kier alpha value is -2.64. The van der Waals surface area contributed by atoms with Crippen molar-refractivity contribution in [2.45, 2.75) is 18.9 Å². The Morgan fingerprint density at radius 3 is 2.57 bits per heavy atom. The summed E-state index contributed by atoms with van der Waals surface area (Å²) in [5.41, 5.74) is 2.64. The van der Waals surface area contributed by atoms with E-state index in [1.165, 1.54) is 0 Å². The Labute approximate surface area is 135 Å². The molecule has 0 saturated carbocycles. The highest BCUT2D eigenvalue weighted by molar-refractivity contribution is 6.01. The molecule has 0 aliphatic carbocycles. The molecule has 1 aliphatic heterocycles. The fourth-order valence-electron chi connectivity index (χ4n) is 3.03. The largest absolute Gasteiger partial charge is 0.391 e. The third-order valence-corrected chi connectivity index (χ3v) is 4.18. The predicted molar refractivity (Wildman–Crippen MR) is 87.7 cm³/mol. The molecule has 1 heterocycles. The van der Waals surface area contributed by atoms with Crippen LogP contribution >= 0.6 is 0 Å². The molecule has 3 rings (SSSR count). The van der Waals surface area contributed by atoms with Gasteiger partial charge in [-0.3, -0.25) is 4.79 Å². The minimum absolute atomic E-state index is 0.0907. The SMILES string of the molecule is N#Cc1ccccc1-c1ccccc1C(=O)N1CCCC(O)C1. The highest BCUT2D eigenvalue weighted by Gasteiger charge is 2.25. The van der Waals surface area contributed by atoms with Crippen LogP contribution in [0, 0.1) is 11.3 Å². The molecule has 4 nitrogen and oxygen atoms in total. The summed E-state index contributed by atoms with van der Waals surface area (Å²) in [5, 5.41) is 19.1. The number of benzene rings is 2. The second-order valence-corrected chi connectivity index (χ2v) is 5.75. The molecule has 1 unspecified atom stereocenters. The van der Waals surface area contributed by atoms with Crippen LogP contribution in [0.15, 0.2) is 48.5 Å². The Balaban J connectivity index is 2.01. The van der Waals surface area contributed by atoms with Gasteiger partial charge in [0.15, 0.2) is 0 Å². The first-order valence-corrected chi connectivity index (χ1v) is 7.76. The van der Waals surface area contributed by atoms with Gasteiger partial charge in [0, 0.05) is 24.2 Å². The van der Waals surface area contributed by atoms with Crippen molar-refractivity contribution in [3.63, 3.8) is 0 Å². The van der Waals surface area contributed by atoms with Crippen LogP contribution < -0.4 is 0 Å². The Bertz CT molecular complexity index is 764. The zero-order valence-corrected chi connectivity index (χ0v) is 12.8. The lowest BCUT2D eigenvalue weighted by Gasteiger charge is -2.30. The number of nitriles is 1. The van der Waals surface area contributed by atoms with Crippen molar-refractivity contribution < 1.29 is 9.90 Å². The lowest BCUT2D eigenvalue weighted by molar-refractivity contribution is 0.0474. The Kier molecular flexibility index (Phi) is 4.40. The van der Waals surface area contributed by atoms with Crippen LogP contribution in [0.1, 0.15) is 28.8 Å². The zero-order chi connectivity index (χ0) is 16.2. The van der Waals surface area contributed by atoms with Gasteiger partial charge in [0.25, 0.3) is 5.91 Å². The number of hydrogen-bond donors (Lipinski definition) is 1. The average molecular weight is 306 g/mol. The van der Waals surface area contributed by atoms with Gasteiger partial charge in [-0.05, 0) is 30.5 Å². The van der Waals surface area contributed by atoms with Gasteiger partial charge in [-0.1, -0.05) is 36.4 Å². The molecule has 23 heavy (non-hydrogen) atoms. The monoisotopic (exact) mass is 306 g/mol. The van der Waals surface area contributed by atoms with E-state index in [0.29, 0.717) is 24.2 Å². The first-order chi connectivity index (χ1) is 11.2. The van der Waals surface area contributed by atoms with Gasteiger partial charge in [-0.2, -0.15) is 5.26 Å². The van der Waals surface area contributed by atoms with Crippen molar-refractivity contribution in [1.82, 2.24) is 4.90 Å². The van der Waals surface area contributed by atoms with Crippen molar-refractivity contribution in [3.05, 3.63) is 59.7 Å². The third kappa shape index (κ3) is 3.10. The van der Waals surface area contributed by atoms with E-state index in [0.717, 1.165) is 24.0 Å². The number of carbonyl (C=O) groups is 1. The fraction of sp³-hybridized carbons (Fsp3) is 0.263. The first kappa shape index (κ1) is 15.3. The van der Waals surface area contributed by atoms with Gasteiger partial charge in [-0.25, -0.2) is 0 Å². The van der Waals surface area contributed by atoms with Gasteiger partial charge in [0.1, 0.15) is 0 Å². The summed E-state index contributed by atoms with van der Waals surface area (Å²) in [4.78, 5) is 14.6. The van der Waals surface area contributed by atoms with Gasteiger partial charge in [-0.15, -0.1) is 0 Å². The molecule has 1 N–H and O–H groups in total. The van der Waals surface area contributed by atoms with E-state index in [-0.39, 0.29) is 5.91 Å². The van der Waals surface area contributed by atoms with E-state index in [1.807, 2.05) is 36.4 Å². The number of hydrogen-bond acceptors (Lipinski definition) is 3. The summed E-state index contributed by atoms with van der Waals surface area (Å²) in [6.07, 6.45) is 1.10. The van der Waals surface area contributed by atoms with E-state index in [4.69, 9.17) is 0 Å². The molecule has 0 bridgehead atoms. The maximum Gasteiger partial charge on any atom is 0.254 e. The van der Waals surface area contributed by atoms with Crippen molar-refractivity contribution >= 4 is 5.91 Å². The van der Waals surface area contributed by atoms with E-state index < -0.39 is 6.10 Å². The van der Waals surface area contributed by atoms with Gasteiger partial charge >= 0.3 is 0 Å². The molecule has 2 aromatic carbocycles. The molecule has 116 valence electrons. The normalized spacial score (nSPS) is 17.6. The van der Waals surface area contributed by atoms with E-state index >= 15 is 0 Å². The van der Waals surface area contributed by atoms with Crippen molar-refractivity contribution in [2.24, 2.45) is 0 Å². The second-order valence-electron chi connectivity index (χ2n) is 5.75. The van der Waals surface area contributed by atoms with E-state index in [2.05, 4.69) is 6.07 Å². The molecule has 1 aliphatic rings. The minimum Gasteiger partial charge on any atom is -0.391 e. The number of aliphatic hydroxyl groups excluding tert-OH is 1. The number of nitrogens with zero attached hydrogens (tertiary/aromatic N) is 2. The van der Waals surface area contributed by atoms with Crippen LogP contribution in [-0.4, -0.2) is 35.1 Å². The maximum atomic E-state index is 12.9. The smallest absolute Gasteiger partial charge is 0.254 e. The number of piperidine rings is 1. The maximum absolute atomic E-state index is 12.9. The topological polar surface area (TPSA) is 64.3 Å². The van der Waals surface area contributed by atoms with Gasteiger partial charge in [0.2, 0.25) is 0 Å². The van der Waals surface area contributed by atoms with Crippen LogP contribution in [0.5, 0.6) is 0 Å². The highest BCUT2D eigenvalue weighted by Crippen LogP contribution is 2.28. The summed E-state index contributed by atoms with van der Waals surface area (Å²) < 4.78 is 0. The van der Waals surface area contributed by atoms with Gasteiger partial charge in [0.05, 0.1) is 17.7 Å². The van der Waals surface area contributed by atoms with Crippen molar-refractivity contribution in [2.75, 3.05) is 13.1 Å². The Morgan fingerprint density at radius 2 is 1.83 bits per heavy atom. The quantitative estimate of drug-likeness (QED) is 0.928. The zero-order valence-electron chi connectivity index (χ0n) is 12.8. The standard InChI is InChI=1S/C19H18N2O2/c20-12-14-6-1-2-8-16(14)17-9-3-4-10-18(17)19(23)21-11-5-7-15(22)13-21/h1-4,6,8-10,15,22H,5,7,11,13H2. The Morgan fingerprint density at radius 1 is 1.13 bits per heavy atom. The van der Waals surface area contributed by atoms with Crippen LogP contribution in [0.25, 0.3) is 11.1 Å². The van der Waals surface area contributed by atoms with Crippen molar-refractivity contribution in [1.29, 1.82) is 5.26 Å². The number of β-amino-alcohol motifs (C(OH)–C–C–N with tert-alkyl or cyclic N) is 1. The molecule has 0 aromatic heterocycles. The van der Waals surface area contributed by atoms with Gasteiger partial charge < -0.3 is 10.0 Å². The van der Waals surface area contributed by atoms with Crippen LogP contribution in [0.4, 0.5) is 0 Å². The molecular formula is C19H18N2O2. The van der Waals surface area contributed by atoms with Crippen LogP contribution in [0.2, 0.25) is 0 Å². The number of aliphatic hydroxyl groups is 1. The lowest BCUT2D eigenvalue weighted by atomic mass is 9.94. The third-order valence-electron chi connectivity index (χ3n) is 4.18. The first-order valence-electron chi connectivity index (χ1n) is 7.76. The summed E-state index contributed by atoms with van der Waals surface area (Å²) in [6, 6.07) is 16.8. The van der Waals surface area contributed by atoms with E-state index in [9.17, 15) is 15.2 Å². The molecular weight excluding hydrogens is 288 g/mol. The minimum atomic E-state index is -0.453.